The van der Waals surface area contributed by atoms with E-state index in [1.54, 1.807) is 0 Å². The lowest BCUT2D eigenvalue weighted by atomic mass is 9.98. The van der Waals surface area contributed by atoms with Crippen LogP contribution in [0, 0.1) is 11.7 Å². The first-order valence-corrected chi connectivity index (χ1v) is 12.3. The third kappa shape index (κ3) is 6.07. The number of sulfonamides is 1. The molecule has 2 heterocycles. The number of hydrogen-bond acceptors (Lipinski definition) is 8. The van der Waals surface area contributed by atoms with Crippen molar-refractivity contribution < 1.29 is 17.9 Å². The lowest BCUT2D eigenvalue weighted by Gasteiger charge is -2.14. The second kappa shape index (κ2) is 10.1. The number of anilines is 2. The van der Waals surface area contributed by atoms with E-state index in [1.807, 2.05) is 0 Å². The Morgan fingerprint density at radius 3 is 2.83 bits per heavy atom. The summed E-state index contributed by atoms with van der Waals surface area (Å²) in [6.07, 6.45) is 4.87. The van der Waals surface area contributed by atoms with Gasteiger partial charge in [0.2, 0.25) is 5.13 Å². The first-order chi connectivity index (χ1) is 13.9. The smallest absolute Gasteiger partial charge is 0.266 e. The van der Waals surface area contributed by atoms with E-state index in [-0.39, 0.29) is 11.2 Å². The average Bonchev–Trinajstić information content (AvgIpc) is 3.31. The number of nitrogens with one attached hydrogen (secondary N) is 3. The van der Waals surface area contributed by atoms with Crippen LogP contribution in [0.5, 0.6) is 0 Å². The normalized spacial score (nSPS) is 19.4. The first-order valence-electron chi connectivity index (χ1n) is 9.28. The molecule has 2 aromatic rings. The number of unbranched alkanes of at least 4 members (excludes halogenated alkanes) is 2. The summed E-state index contributed by atoms with van der Waals surface area (Å²) in [6, 6.07) is 2.40. The zero-order valence-electron chi connectivity index (χ0n) is 15.6. The van der Waals surface area contributed by atoms with Gasteiger partial charge in [-0.3, -0.25) is 4.72 Å². The van der Waals surface area contributed by atoms with E-state index >= 15 is 0 Å². The maximum absolute atomic E-state index is 14.5. The Bertz CT molecular complexity index is 914. The molecule has 3 rings (SSSR count). The van der Waals surface area contributed by atoms with Crippen LogP contribution in [0.1, 0.15) is 25.7 Å². The number of hydrogen-bond donors (Lipinski definition) is 4. The topological polar surface area (TPSA) is 116 Å². The highest BCUT2D eigenvalue weighted by Crippen LogP contribution is 2.29. The highest BCUT2D eigenvalue weighted by Gasteiger charge is 2.24. The molecule has 160 valence electrons. The van der Waals surface area contributed by atoms with Crippen LogP contribution in [0.25, 0.3) is 0 Å². The number of rotatable bonds is 10. The molecular formula is C17H23BrFN5O3S2. The number of nitrogens with zero attached hydrogens (tertiary/aromatic N) is 2. The summed E-state index contributed by atoms with van der Waals surface area (Å²) in [4.78, 5) is 3.28. The molecule has 0 unspecified atom stereocenters. The van der Waals surface area contributed by atoms with Crippen LogP contribution >= 0.6 is 27.5 Å². The molecule has 1 aliphatic rings. The van der Waals surface area contributed by atoms with Crippen molar-refractivity contribution in [2.45, 2.75) is 36.7 Å². The molecule has 4 N–H and O–H groups in total. The summed E-state index contributed by atoms with van der Waals surface area (Å²) in [5, 5.41) is 16.2. The zero-order valence-corrected chi connectivity index (χ0v) is 18.8. The number of aliphatic hydroxyl groups is 1. The van der Waals surface area contributed by atoms with Gasteiger partial charge in [0, 0.05) is 35.6 Å². The Balaban J connectivity index is 1.50. The molecular weight excluding hydrogens is 485 g/mol. The van der Waals surface area contributed by atoms with Gasteiger partial charge in [-0.25, -0.2) is 17.8 Å². The standard InChI is InChI=1S/C17H23BrFN5O3S2/c18-12-6-16(29(26,27)24-17-22-10-23-28-17)13(19)7-14(12)21-5-3-1-2-4-11-8-20-9-15(11)25/h6-7,10-11,15,20-21,25H,1-5,8-9H2,(H,22,23,24)/t11-,15-/m0/s1. The number of aromatic nitrogens is 2. The summed E-state index contributed by atoms with van der Waals surface area (Å²) in [6.45, 7) is 2.18. The molecule has 0 aliphatic carbocycles. The van der Waals surface area contributed by atoms with Gasteiger partial charge in [-0.2, -0.15) is 4.37 Å². The summed E-state index contributed by atoms with van der Waals surface area (Å²) in [5.41, 5.74) is 0.493. The number of benzene rings is 1. The van der Waals surface area contributed by atoms with Gasteiger partial charge in [0.15, 0.2) is 0 Å². The van der Waals surface area contributed by atoms with Crippen molar-refractivity contribution in [2.75, 3.05) is 29.7 Å². The fourth-order valence-corrected chi connectivity index (χ4v) is 5.59. The minimum atomic E-state index is -4.10. The molecule has 0 radical (unpaired) electrons. The lowest BCUT2D eigenvalue weighted by molar-refractivity contribution is 0.141. The van der Waals surface area contributed by atoms with E-state index in [2.05, 4.69) is 40.6 Å². The van der Waals surface area contributed by atoms with Crippen molar-refractivity contribution in [3.8, 4) is 0 Å². The van der Waals surface area contributed by atoms with Gasteiger partial charge in [0.05, 0.1) is 11.8 Å². The Hall–Kier alpha value is -1.34. The average molecular weight is 508 g/mol. The second-order valence-electron chi connectivity index (χ2n) is 6.88. The molecule has 1 aromatic carbocycles. The van der Waals surface area contributed by atoms with E-state index in [4.69, 9.17) is 0 Å². The molecule has 1 fully saturated rings. The maximum Gasteiger partial charge on any atom is 0.266 e. The quantitative estimate of drug-likeness (QED) is 0.365. The maximum atomic E-state index is 14.5. The highest BCUT2D eigenvalue weighted by atomic mass is 79.9. The van der Waals surface area contributed by atoms with Crippen LogP contribution in [0.15, 0.2) is 27.8 Å². The van der Waals surface area contributed by atoms with Gasteiger partial charge in [-0.1, -0.05) is 12.8 Å². The van der Waals surface area contributed by atoms with Crippen molar-refractivity contribution >= 4 is 48.3 Å². The van der Waals surface area contributed by atoms with E-state index < -0.39 is 20.7 Å². The predicted octanol–water partition coefficient (Wildman–Crippen LogP) is 2.79. The summed E-state index contributed by atoms with van der Waals surface area (Å²) < 4.78 is 45.6. The van der Waals surface area contributed by atoms with Gasteiger partial charge in [-0.15, -0.1) is 0 Å². The van der Waals surface area contributed by atoms with Crippen molar-refractivity contribution in [1.82, 2.24) is 14.7 Å². The van der Waals surface area contributed by atoms with Crippen molar-refractivity contribution in [2.24, 2.45) is 5.92 Å². The predicted molar refractivity (Wildman–Crippen MR) is 114 cm³/mol. The highest BCUT2D eigenvalue weighted by molar-refractivity contribution is 9.10. The molecule has 1 saturated heterocycles. The molecule has 8 nitrogen and oxygen atoms in total. The number of β-amino-alcohol motifs (C(OH)–C–C–N with tert-alkyl or cyclic N) is 1. The molecule has 0 amide bonds. The molecule has 1 aromatic heterocycles. The fraction of sp³-hybridized carbons (Fsp3) is 0.529. The van der Waals surface area contributed by atoms with Crippen LogP contribution in [0.4, 0.5) is 15.2 Å². The van der Waals surface area contributed by atoms with Crippen LogP contribution in [0.3, 0.4) is 0 Å². The monoisotopic (exact) mass is 507 g/mol. The van der Waals surface area contributed by atoms with E-state index in [1.165, 1.54) is 18.5 Å². The Morgan fingerprint density at radius 2 is 2.14 bits per heavy atom. The molecule has 0 bridgehead atoms. The Labute approximate surface area is 181 Å². The molecule has 12 heteroatoms. The third-order valence-electron chi connectivity index (χ3n) is 4.77. The molecule has 1 aliphatic heterocycles. The van der Waals surface area contributed by atoms with Gasteiger partial charge >= 0.3 is 0 Å². The Morgan fingerprint density at radius 1 is 1.31 bits per heavy atom. The van der Waals surface area contributed by atoms with Gasteiger partial charge in [-0.05, 0) is 46.8 Å². The minimum Gasteiger partial charge on any atom is -0.391 e. The minimum absolute atomic E-state index is 0.0728. The largest absolute Gasteiger partial charge is 0.391 e. The fourth-order valence-electron chi connectivity index (χ4n) is 3.20. The number of aliphatic hydroxyl groups excluding tert-OH is 1. The van der Waals surface area contributed by atoms with Gasteiger partial charge < -0.3 is 15.7 Å². The van der Waals surface area contributed by atoms with Gasteiger partial charge in [0.1, 0.15) is 17.0 Å². The Kier molecular flexibility index (Phi) is 7.79. The van der Waals surface area contributed by atoms with Crippen LogP contribution < -0.4 is 15.4 Å². The summed E-state index contributed by atoms with van der Waals surface area (Å²) >= 11 is 4.17. The first kappa shape index (κ1) is 22.3. The lowest BCUT2D eigenvalue weighted by Crippen LogP contribution is -2.17. The molecule has 2 atom stereocenters. The van der Waals surface area contributed by atoms with Gasteiger partial charge in [0.25, 0.3) is 10.0 Å². The third-order valence-corrected chi connectivity index (χ3v) is 7.48. The number of halogens is 2. The van der Waals surface area contributed by atoms with Crippen LogP contribution in [-0.4, -0.2) is 48.6 Å². The van der Waals surface area contributed by atoms with Crippen molar-refractivity contribution in [1.29, 1.82) is 0 Å². The van der Waals surface area contributed by atoms with E-state index in [9.17, 15) is 17.9 Å². The van der Waals surface area contributed by atoms with E-state index in [0.717, 1.165) is 43.8 Å². The van der Waals surface area contributed by atoms with Crippen molar-refractivity contribution in [3.05, 3.63) is 28.7 Å². The van der Waals surface area contributed by atoms with Crippen molar-refractivity contribution in [3.63, 3.8) is 0 Å². The second-order valence-corrected chi connectivity index (χ2v) is 10.2. The SMILES string of the molecule is O=S(=O)(Nc1ncns1)c1cc(Br)c(NCCCCC[C@H]2CNC[C@@H]2O)cc1F. The zero-order chi connectivity index (χ0) is 20.9. The molecule has 29 heavy (non-hydrogen) atoms. The summed E-state index contributed by atoms with van der Waals surface area (Å²) in [7, 11) is -4.10. The summed E-state index contributed by atoms with van der Waals surface area (Å²) in [5.74, 6) is -0.523. The van der Waals surface area contributed by atoms with Crippen LogP contribution in [0.2, 0.25) is 0 Å². The molecule has 0 spiro atoms. The molecule has 0 saturated carbocycles. The van der Waals surface area contributed by atoms with E-state index in [0.29, 0.717) is 29.2 Å². The van der Waals surface area contributed by atoms with Crippen LogP contribution in [-0.2, 0) is 10.0 Å².